The van der Waals surface area contributed by atoms with Crippen LogP contribution in [0.15, 0.2) is 47.4 Å². The summed E-state index contributed by atoms with van der Waals surface area (Å²) < 4.78 is 34.1. The van der Waals surface area contributed by atoms with Crippen molar-refractivity contribution in [1.29, 1.82) is 0 Å². The Morgan fingerprint density at radius 1 is 1.12 bits per heavy atom. The Morgan fingerprint density at radius 2 is 1.77 bits per heavy atom. The number of aryl methyl sites for hydroxylation is 1. The summed E-state index contributed by atoms with van der Waals surface area (Å²) >= 11 is 6.09. The van der Waals surface area contributed by atoms with Gasteiger partial charge in [0.1, 0.15) is 0 Å². The summed E-state index contributed by atoms with van der Waals surface area (Å²) in [5.74, 6) is 0. The summed E-state index contributed by atoms with van der Waals surface area (Å²) in [5, 5.41) is 0.428. The van der Waals surface area contributed by atoms with Gasteiger partial charge in [-0.05, 0) is 50.6 Å². The lowest BCUT2D eigenvalue weighted by Crippen LogP contribution is -2.45. The number of sulfonamides is 1. The highest BCUT2D eigenvalue weighted by atomic mass is 35.5. The zero-order valence-electron chi connectivity index (χ0n) is 15.1. The van der Waals surface area contributed by atoms with Crippen molar-refractivity contribution in [1.82, 2.24) is 0 Å². The first kappa shape index (κ1) is 19.0. The van der Waals surface area contributed by atoms with E-state index < -0.39 is 10.0 Å². The van der Waals surface area contributed by atoms with Crippen LogP contribution in [0.2, 0.25) is 5.02 Å². The molecule has 1 aliphatic heterocycles. The van der Waals surface area contributed by atoms with E-state index in [1.807, 2.05) is 39.0 Å². The SMILES string of the molecule is Cc1ccc(S(=O)(=O)Nc2ccccc2N2CC(C)OC(C)C2)cc1Cl. The van der Waals surface area contributed by atoms with E-state index in [0.29, 0.717) is 23.8 Å². The van der Waals surface area contributed by atoms with Crippen molar-refractivity contribution in [3.63, 3.8) is 0 Å². The van der Waals surface area contributed by atoms with Crippen LogP contribution in [0.4, 0.5) is 11.4 Å². The Labute approximate surface area is 160 Å². The zero-order chi connectivity index (χ0) is 18.9. The van der Waals surface area contributed by atoms with E-state index in [1.54, 1.807) is 18.2 Å². The first-order valence-corrected chi connectivity index (χ1v) is 10.4. The van der Waals surface area contributed by atoms with E-state index in [0.717, 1.165) is 11.3 Å². The van der Waals surface area contributed by atoms with E-state index in [1.165, 1.54) is 6.07 Å². The van der Waals surface area contributed by atoms with Gasteiger partial charge in [0.15, 0.2) is 0 Å². The number of halogens is 1. The quantitative estimate of drug-likeness (QED) is 0.849. The van der Waals surface area contributed by atoms with E-state index in [2.05, 4.69) is 9.62 Å². The molecular weight excluding hydrogens is 372 g/mol. The largest absolute Gasteiger partial charge is 0.372 e. The lowest BCUT2D eigenvalue weighted by atomic mass is 10.2. The van der Waals surface area contributed by atoms with Crippen LogP contribution in [-0.4, -0.2) is 33.7 Å². The fraction of sp³-hybridized carbons (Fsp3) is 0.368. The molecule has 7 heteroatoms. The number of anilines is 2. The minimum atomic E-state index is -3.73. The predicted octanol–water partition coefficient (Wildman–Crippen LogP) is 4.06. The molecule has 5 nitrogen and oxygen atoms in total. The summed E-state index contributed by atoms with van der Waals surface area (Å²) in [7, 11) is -3.73. The van der Waals surface area contributed by atoms with E-state index >= 15 is 0 Å². The smallest absolute Gasteiger partial charge is 0.262 e. The highest BCUT2D eigenvalue weighted by molar-refractivity contribution is 7.92. The lowest BCUT2D eigenvalue weighted by Gasteiger charge is -2.37. The maximum absolute atomic E-state index is 12.8. The van der Waals surface area contributed by atoms with Crippen LogP contribution in [0.25, 0.3) is 0 Å². The fourth-order valence-corrected chi connectivity index (χ4v) is 4.50. The maximum atomic E-state index is 12.8. The third-order valence-corrected chi connectivity index (χ3v) is 6.13. The molecular formula is C19H23ClN2O3S. The molecule has 26 heavy (non-hydrogen) atoms. The van der Waals surface area contributed by atoms with Gasteiger partial charge in [0.25, 0.3) is 10.0 Å². The Hall–Kier alpha value is -1.76. The number of para-hydroxylation sites is 2. The molecule has 0 aliphatic carbocycles. The molecule has 1 fully saturated rings. The molecule has 2 aromatic rings. The van der Waals surface area contributed by atoms with Crippen LogP contribution in [0.3, 0.4) is 0 Å². The van der Waals surface area contributed by atoms with Crippen molar-refractivity contribution in [2.24, 2.45) is 0 Å². The average Bonchev–Trinajstić information content (AvgIpc) is 2.56. The van der Waals surface area contributed by atoms with Crippen molar-refractivity contribution in [3.8, 4) is 0 Å². The minimum absolute atomic E-state index is 0.0827. The molecule has 1 aliphatic rings. The number of hydrogen-bond donors (Lipinski definition) is 1. The Morgan fingerprint density at radius 3 is 2.42 bits per heavy atom. The molecule has 140 valence electrons. The third-order valence-electron chi connectivity index (χ3n) is 4.36. The molecule has 2 unspecified atom stereocenters. The first-order chi connectivity index (χ1) is 12.3. The Balaban J connectivity index is 1.91. The van der Waals surface area contributed by atoms with Gasteiger partial charge in [-0.3, -0.25) is 4.72 Å². The predicted molar refractivity (Wildman–Crippen MR) is 106 cm³/mol. The first-order valence-electron chi connectivity index (χ1n) is 8.54. The van der Waals surface area contributed by atoms with Crippen LogP contribution in [0, 0.1) is 6.92 Å². The van der Waals surface area contributed by atoms with Crippen LogP contribution >= 0.6 is 11.6 Å². The zero-order valence-corrected chi connectivity index (χ0v) is 16.6. The van der Waals surface area contributed by atoms with Gasteiger partial charge >= 0.3 is 0 Å². The number of nitrogens with one attached hydrogen (secondary N) is 1. The highest BCUT2D eigenvalue weighted by Crippen LogP contribution is 2.31. The minimum Gasteiger partial charge on any atom is -0.372 e. The summed E-state index contributed by atoms with van der Waals surface area (Å²) in [6.07, 6.45) is 0.165. The van der Waals surface area contributed by atoms with Crippen LogP contribution in [0.5, 0.6) is 0 Å². The lowest BCUT2D eigenvalue weighted by molar-refractivity contribution is -0.00517. The van der Waals surface area contributed by atoms with E-state index in [-0.39, 0.29) is 17.1 Å². The molecule has 3 rings (SSSR count). The van der Waals surface area contributed by atoms with Gasteiger partial charge in [-0.15, -0.1) is 0 Å². The van der Waals surface area contributed by atoms with E-state index in [9.17, 15) is 8.42 Å². The summed E-state index contributed by atoms with van der Waals surface area (Å²) in [6, 6.07) is 12.1. The van der Waals surface area contributed by atoms with Crippen molar-refractivity contribution >= 4 is 33.0 Å². The third kappa shape index (κ3) is 4.14. The second-order valence-electron chi connectivity index (χ2n) is 6.70. The Kier molecular flexibility index (Phi) is 5.46. The normalized spacial score (nSPS) is 20.8. The summed E-state index contributed by atoms with van der Waals surface area (Å²) in [6.45, 7) is 7.29. The molecule has 0 radical (unpaired) electrons. The molecule has 0 spiro atoms. The molecule has 2 aromatic carbocycles. The number of rotatable bonds is 4. The molecule has 0 amide bonds. The molecule has 0 aromatic heterocycles. The van der Waals surface area contributed by atoms with Crippen molar-refractivity contribution < 1.29 is 13.2 Å². The fourth-order valence-electron chi connectivity index (χ4n) is 3.15. The van der Waals surface area contributed by atoms with Gasteiger partial charge in [0.2, 0.25) is 0 Å². The molecule has 1 heterocycles. The van der Waals surface area contributed by atoms with Crippen molar-refractivity contribution in [3.05, 3.63) is 53.1 Å². The van der Waals surface area contributed by atoms with Gasteiger partial charge in [0, 0.05) is 18.1 Å². The highest BCUT2D eigenvalue weighted by Gasteiger charge is 2.25. The number of hydrogen-bond acceptors (Lipinski definition) is 4. The monoisotopic (exact) mass is 394 g/mol. The topological polar surface area (TPSA) is 58.6 Å². The average molecular weight is 395 g/mol. The summed E-state index contributed by atoms with van der Waals surface area (Å²) in [4.78, 5) is 2.30. The molecule has 2 atom stereocenters. The van der Waals surface area contributed by atoms with Crippen molar-refractivity contribution in [2.75, 3.05) is 22.7 Å². The van der Waals surface area contributed by atoms with Gasteiger partial charge in [0.05, 0.1) is 28.5 Å². The summed E-state index contributed by atoms with van der Waals surface area (Å²) in [5.41, 5.74) is 2.23. The van der Waals surface area contributed by atoms with Gasteiger partial charge in [-0.2, -0.15) is 0 Å². The number of nitrogens with zero attached hydrogens (tertiary/aromatic N) is 1. The van der Waals surface area contributed by atoms with Crippen LogP contribution < -0.4 is 9.62 Å². The molecule has 1 saturated heterocycles. The molecule has 0 saturated carbocycles. The second-order valence-corrected chi connectivity index (χ2v) is 8.79. The van der Waals surface area contributed by atoms with Crippen LogP contribution in [-0.2, 0) is 14.8 Å². The maximum Gasteiger partial charge on any atom is 0.262 e. The van der Waals surface area contributed by atoms with Crippen molar-refractivity contribution in [2.45, 2.75) is 37.9 Å². The standard InChI is InChI=1S/C19H23ClN2O3S/c1-13-8-9-16(10-17(13)20)26(23,24)21-18-6-4-5-7-19(18)22-11-14(2)25-15(3)12-22/h4-10,14-15,21H,11-12H2,1-3H3. The molecule has 1 N–H and O–H groups in total. The second kappa shape index (κ2) is 7.47. The molecule has 0 bridgehead atoms. The Bertz CT molecular complexity index is 891. The van der Waals surface area contributed by atoms with E-state index in [4.69, 9.17) is 16.3 Å². The number of morpholine rings is 1. The number of ether oxygens (including phenoxy) is 1. The van der Waals surface area contributed by atoms with Gasteiger partial charge in [-0.25, -0.2) is 8.42 Å². The number of benzene rings is 2. The van der Waals surface area contributed by atoms with Crippen LogP contribution in [0.1, 0.15) is 19.4 Å². The van der Waals surface area contributed by atoms with Gasteiger partial charge in [-0.1, -0.05) is 29.8 Å². The van der Waals surface area contributed by atoms with Gasteiger partial charge < -0.3 is 9.64 Å².